The van der Waals surface area contributed by atoms with E-state index in [2.05, 4.69) is 11.6 Å². The Morgan fingerprint density at radius 3 is 2.53 bits per heavy atom. The second-order valence-corrected chi connectivity index (χ2v) is 11.0. The zero-order valence-corrected chi connectivity index (χ0v) is 19.7. The van der Waals surface area contributed by atoms with Crippen LogP contribution in [0.1, 0.15) is 42.5 Å². The van der Waals surface area contributed by atoms with Crippen molar-refractivity contribution in [2.24, 2.45) is 4.99 Å². The monoisotopic (exact) mass is 469 g/mol. The van der Waals surface area contributed by atoms with E-state index in [0.29, 0.717) is 16.9 Å². The summed E-state index contributed by atoms with van der Waals surface area (Å²) >= 11 is 1.44. The van der Waals surface area contributed by atoms with Gasteiger partial charge in [0, 0.05) is 25.2 Å². The number of aromatic nitrogens is 1. The number of amides is 1. The van der Waals surface area contributed by atoms with Gasteiger partial charge in [-0.25, -0.2) is 8.42 Å². The molecule has 0 spiro atoms. The molecule has 1 aliphatic rings. The summed E-state index contributed by atoms with van der Waals surface area (Å²) in [5, 5.41) is 0. The zero-order valence-electron chi connectivity index (χ0n) is 18.1. The maximum Gasteiger partial charge on any atom is 0.279 e. The van der Waals surface area contributed by atoms with Crippen LogP contribution in [0.15, 0.2) is 71.1 Å². The van der Waals surface area contributed by atoms with Crippen LogP contribution in [0.3, 0.4) is 0 Å². The first-order chi connectivity index (χ1) is 15.4. The van der Waals surface area contributed by atoms with Crippen molar-refractivity contribution < 1.29 is 13.2 Å². The molecule has 0 radical (unpaired) electrons. The first-order valence-corrected chi connectivity index (χ1v) is 13.0. The highest BCUT2D eigenvalue weighted by Gasteiger charge is 2.29. The summed E-state index contributed by atoms with van der Waals surface area (Å²) in [5.74, 6) is -0.404. The molecule has 0 saturated heterocycles. The zero-order chi connectivity index (χ0) is 22.7. The number of allylic oxidation sites excluding steroid dienone is 1. The van der Waals surface area contributed by atoms with Crippen molar-refractivity contribution >= 4 is 37.5 Å². The van der Waals surface area contributed by atoms with E-state index in [4.69, 9.17) is 0 Å². The van der Waals surface area contributed by atoms with Gasteiger partial charge in [0.1, 0.15) is 0 Å². The highest BCUT2D eigenvalue weighted by molar-refractivity contribution is 7.89. The first-order valence-electron chi connectivity index (χ1n) is 10.8. The van der Waals surface area contributed by atoms with Crippen LogP contribution in [0, 0.1) is 0 Å². The molecular formula is C24H27N3O3S2. The number of rotatable bonds is 6. The smallest absolute Gasteiger partial charge is 0.279 e. The molecule has 1 fully saturated rings. The molecular weight excluding hydrogens is 442 g/mol. The van der Waals surface area contributed by atoms with Gasteiger partial charge in [-0.05, 0) is 49.2 Å². The minimum absolute atomic E-state index is 0.0401. The number of fused-ring (bicyclic) bond motifs is 1. The van der Waals surface area contributed by atoms with E-state index in [0.717, 1.165) is 42.3 Å². The molecule has 0 bridgehead atoms. The van der Waals surface area contributed by atoms with Crippen LogP contribution >= 0.6 is 11.3 Å². The minimum atomic E-state index is -3.59. The number of hydrogen-bond acceptors (Lipinski definition) is 4. The Morgan fingerprint density at radius 1 is 1.16 bits per heavy atom. The average molecular weight is 470 g/mol. The maximum absolute atomic E-state index is 13.0. The Labute approximate surface area is 192 Å². The summed E-state index contributed by atoms with van der Waals surface area (Å²) < 4.78 is 30.5. The van der Waals surface area contributed by atoms with E-state index >= 15 is 0 Å². The Morgan fingerprint density at radius 2 is 1.84 bits per heavy atom. The molecule has 32 heavy (non-hydrogen) atoms. The number of hydrogen-bond donors (Lipinski definition) is 0. The quantitative estimate of drug-likeness (QED) is 0.496. The highest BCUT2D eigenvalue weighted by Crippen LogP contribution is 2.26. The van der Waals surface area contributed by atoms with Gasteiger partial charge in [0.15, 0.2) is 4.80 Å². The van der Waals surface area contributed by atoms with Gasteiger partial charge in [0.05, 0.1) is 15.1 Å². The molecule has 3 aromatic rings. The van der Waals surface area contributed by atoms with Crippen molar-refractivity contribution in [1.82, 2.24) is 8.87 Å². The van der Waals surface area contributed by atoms with Crippen LogP contribution in [0.25, 0.3) is 10.2 Å². The molecule has 168 valence electrons. The predicted octanol–water partition coefficient (Wildman–Crippen LogP) is 4.58. The summed E-state index contributed by atoms with van der Waals surface area (Å²) in [4.78, 5) is 17.9. The lowest BCUT2D eigenvalue weighted by Crippen LogP contribution is -2.38. The van der Waals surface area contributed by atoms with E-state index in [1.807, 2.05) is 28.8 Å². The maximum atomic E-state index is 13.0. The Bertz CT molecular complexity index is 1300. The van der Waals surface area contributed by atoms with Crippen LogP contribution in [0.4, 0.5) is 0 Å². The molecule has 0 atom stereocenters. The molecule has 4 rings (SSSR count). The molecule has 2 aromatic carbocycles. The number of para-hydroxylation sites is 1. The number of nitrogens with zero attached hydrogens (tertiary/aromatic N) is 3. The topological polar surface area (TPSA) is 71.7 Å². The molecule has 1 heterocycles. The Balaban J connectivity index is 1.61. The lowest BCUT2D eigenvalue weighted by atomic mass is 9.96. The third-order valence-corrected chi connectivity index (χ3v) is 8.95. The molecule has 1 saturated carbocycles. The first kappa shape index (κ1) is 22.6. The molecule has 8 heteroatoms. The predicted molar refractivity (Wildman–Crippen MR) is 128 cm³/mol. The summed E-state index contributed by atoms with van der Waals surface area (Å²) in [5.41, 5.74) is 1.35. The van der Waals surface area contributed by atoms with Crippen LogP contribution in [0.5, 0.6) is 0 Å². The van der Waals surface area contributed by atoms with E-state index in [-0.39, 0.29) is 10.9 Å². The largest absolute Gasteiger partial charge is 0.312 e. The van der Waals surface area contributed by atoms with Crippen molar-refractivity contribution in [3.05, 3.63) is 71.6 Å². The molecule has 1 amide bonds. The minimum Gasteiger partial charge on any atom is -0.312 e. The van der Waals surface area contributed by atoms with Gasteiger partial charge in [-0.15, -0.1) is 6.58 Å². The fourth-order valence-electron chi connectivity index (χ4n) is 4.14. The molecule has 1 aromatic heterocycles. The molecule has 0 unspecified atom stereocenters. The number of carbonyl (C=O) groups is 1. The van der Waals surface area contributed by atoms with E-state index in [9.17, 15) is 13.2 Å². The van der Waals surface area contributed by atoms with Crippen molar-refractivity contribution in [2.75, 3.05) is 7.05 Å². The molecule has 1 aliphatic carbocycles. The third-order valence-electron chi connectivity index (χ3n) is 5.96. The van der Waals surface area contributed by atoms with Gasteiger partial charge in [-0.2, -0.15) is 9.30 Å². The second-order valence-electron chi connectivity index (χ2n) is 8.01. The number of sulfonamides is 1. The number of thiazole rings is 1. The number of benzene rings is 2. The van der Waals surface area contributed by atoms with Crippen LogP contribution in [-0.2, 0) is 16.6 Å². The van der Waals surface area contributed by atoms with Gasteiger partial charge in [-0.3, -0.25) is 4.79 Å². The van der Waals surface area contributed by atoms with Crippen LogP contribution in [0.2, 0.25) is 0 Å². The van der Waals surface area contributed by atoms with Gasteiger partial charge in [0.2, 0.25) is 10.0 Å². The molecule has 0 N–H and O–H groups in total. The van der Waals surface area contributed by atoms with Crippen molar-refractivity contribution in [3.8, 4) is 0 Å². The van der Waals surface area contributed by atoms with E-state index in [1.54, 1.807) is 25.3 Å². The molecule has 6 nitrogen and oxygen atoms in total. The standard InChI is InChI=1S/C24H27N3O3S2/c1-3-17-27-21-11-7-8-12-22(21)31-24(27)25-23(28)18-13-15-20(16-14-18)32(29,30)26(2)19-9-5-4-6-10-19/h3,7-8,11-16,19H,1,4-6,9-10,17H2,2H3. The van der Waals surface area contributed by atoms with Crippen molar-refractivity contribution in [2.45, 2.75) is 49.6 Å². The number of carbonyl (C=O) groups excluding carboxylic acids is 1. The van der Waals surface area contributed by atoms with Crippen molar-refractivity contribution in [3.63, 3.8) is 0 Å². The van der Waals surface area contributed by atoms with E-state index in [1.165, 1.54) is 27.8 Å². The summed E-state index contributed by atoms with van der Waals surface area (Å²) in [6.07, 6.45) is 6.84. The van der Waals surface area contributed by atoms with Gasteiger partial charge in [-0.1, -0.05) is 48.8 Å². The Kier molecular flexibility index (Phi) is 6.74. The average Bonchev–Trinajstić information content (AvgIpc) is 3.16. The highest BCUT2D eigenvalue weighted by atomic mass is 32.2. The Hall–Kier alpha value is -2.55. The van der Waals surface area contributed by atoms with Gasteiger partial charge < -0.3 is 4.57 Å². The summed E-state index contributed by atoms with van der Waals surface area (Å²) in [6.45, 7) is 4.34. The second kappa shape index (κ2) is 9.52. The van der Waals surface area contributed by atoms with Gasteiger partial charge in [0.25, 0.3) is 5.91 Å². The fraction of sp³-hybridized carbons (Fsp3) is 0.333. The SMILES string of the molecule is C=CCn1c(=NC(=O)c2ccc(S(=O)(=O)N(C)C3CCCCC3)cc2)sc2ccccc21. The molecule has 0 aliphatic heterocycles. The van der Waals surface area contributed by atoms with Crippen LogP contribution < -0.4 is 4.80 Å². The van der Waals surface area contributed by atoms with Gasteiger partial charge >= 0.3 is 0 Å². The summed E-state index contributed by atoms with van der Waals surface area (Å²) in [7, 11) is -1.94. The van der Waals surface area contributed by atoms with E-state index < -0.39 is 15.9 Å². The fourth-order valence-corrected chi connectivity index (χ4v) is 6.59. The summed E-state index contributed by atoms with van der Waals surface area (Å²) in [6, 6.07) is 14.0. The normalized spacial score (nSPS) is 16.0. The third kappa shape index (κ3) is 4.48. The van der Waals surface area contributed by atoms with Crippen molar-refractivity contribution in [1.29, 1.82) is 0 Å². The van der Waals surface area contributed by atoms with Crippen LogP contribution in [-0.4, -0.2) is 36.3 Å². The lowest BCUT2D eigenvalue weighted by molar-refractivity contribution is 0.0997. The lowest BCUT2D eigenvalue weighted by Gasteiger charge is -2.30.